The van der Waals surface area contributed by atoms with E-state index in [9.17, 15) is 9.18 Å². The Morgan fingerprint density at radius 1 is 1.21 bits per heavy atom. The first-order valence-corrected chi connectivity index (χ1v) is 8.03. The number of halogens is 1. The summed E-state index contributed by atoms with van der Waals surface area (Å²) in [4.78, 5) is 16.7. The minimum absolute atomic E-state index is 0.0375. The van der Waals surface area contributed by atoms with Crippen LogP contribution < -0.4 is 0 Å². The maximum absolute atomic E-state index is 13.1. The molecule has 6 nitrogen and oxygen atoms in total. The number of carbonyl (C=O) groups excluding carboxylic acids is 1. The summed E-state index contributed by atoms with van der Waals surface area (Å²) in [6.07, 6.45) is 1.57. The molecule has 24 heavy (non-hydrogen) atoms. The van der Waals surface area contributed by atoms with Crippen molar-refractivity contribution in [3.63, 3.8) is 0 Å². The zero-order chi connectivity index (χ0) is 17.1. The van der Waals surface area contributed by atoms with Crippen LogP contribution in [-0.4, -0.2) is 69.9 Å². The molecule has 0 saturated carbocycles. The van der Waals surface area contributed by atoms with Crippen LogP contribution in [-0.2, 0) is 0 Å². The lowest BCUT2D eigenvalue weighted by Crippen LogP contribution is -2.49. The maximum Gasteiger partial charge on any atom is 0.257 e. The van der Waals surface area contributed by atoms with Crippen molar-refractivity contribution < 1.29 is 14.3 Å². The lowest BCUT2D eigenvalue weighted by Gasteiger charge is -2.34. The highest BCUT2D eigenvalue weighted by molar-refractivity contribution is 5.95. The van der Waals surface area contributed by atoms with Gasteiger partial charge in [0.2, 0.25) is 0 Å². The smallest absolute Gasteiger partial charge is 0.257 e. The van der Waals surface area contributed by atoms with E-state index in [0.29, 0.717) is 25.2 Å². The first-order valence-electron chi connectivity index (χ1n) is 8.03. The van der Waals surface area contributed by atoms with Crippen molar-refractivity contribution in [2.24, 2.45) is 0 Å². The van der Waals surface area contributed by atoms with E-state index in [-0.39, 0.29) is 18.3 Å². The third-order valence-electron chi connectivity index (χ3n) is 4.39. The number of rotatable bonds is 4. The molecule has 1 amide bonds. The SMILES string of the molecule is Cc1c(C(=O)N2CCN(CCO)CC2)cnn1-c1ccc(F)cc1. The van der Waals surface area contributed by atoms with Crippen LogP contribution in [0, 0.1) is 12.7 Å². The van der Waals surface area contributed by atoms with Gasteiger partial charge in [-0.3, -0.25) is 9.69 Å². The van der Waals surface area contributed by atoms with E-state index in [1.807, 2.05) is 11.8 Å². The molecule has 2 heterocycles. The minimum atomic E-state index is -0.305. The minimum Gasteiger partial charge on any atom is -0.395 e. The van der Waals surface area contributed by atoms with Crippen molar-refractivity contribution in [3.8, 4) is 5.69 Å². The monoisotopic (exact) mass is 332 g/mol. The molecule has 0 atom stereocenters. The Morgan fingerprint density at radius 2 is 1.88 bits per heavy atom. The first-order chi connectivity index (χ1) is 11.6. The first kappa shape index (κ1) is 16.6. The predicted molar refractivity (Wildman–Crippen MR) is 87.7 cm³/mol. The second-order valence-corrected chi connectivity index (χ2v) is 5.89. The molecule has 1 N–H and O–H groups in total. The number of hydrogen-bond donors (Lipinski definition) is 1. The number of amides is 1. The number of nitrogens with zero attached hydrogens (tertiary/aromatic N) is 4. The van der Waals surface area contributed by atoms with Crippen LogP contribution in [0.4, 0.5) is 4.39 Å². The molecule has 0 unspecified atom stereocenters. The molecule has 1 saturated heterocycles. The van der Waals surface area contributed by atoms with Gasteiger partial charge in [0.05, 0.1) is 29.7 Å². The van der Waals surface area contributed by atoms with Gasteiger partial charge in [0.25, 0.3) is 5.91 Å². The number of aromatic nitrogens is 2. The van der Waals surface area contributed by atoms with Crippen LogP contribution in [0.1, 0.15) is 16.1 Å². The van der Waals surface area contributed by atoms with Gasteiger partial charge in [0.15, 0.2) is 0 Å². The Hall–Kier alpha value is -2.25. The predicted octanol–water partition coefficient (Wildman–Crippen LogP) is 1.07. The molecule has 2 aromatic rings. The number of hydrogen-bond acceptors (Lipinski definition) is 4. The molecule has 1 aromatic carbocycles. The van der Waals surface area contributed by atoms with E-state index >= 15 is 0 Å². The molecule has 0 bridgehead atoms. The molecule has 1 fully saturated rings. The van der Waals surface area contributed by atoms with Gasteiger partial charge in [-0.1, -0.05) is 0 Å². The summed E-state index contributed by atoms with van der Waals surface area (Å²) in [6.45, 7) is 5.42. The molecule has 1 aliphatic rings. The molecule has 3 rings (SSSR count). The van der Waals surface area contributed by atoms with Crippen molar-refractivity contribution in [2.45, 2.75) is 6.92 Å². The van der Waals surface area contributed by atoms with Gasteiger partial charge < -0.3 is 10.0 Å². The highest BCUT2D eigenvalue weighted by atomic mass is 19.1. The Kier molecular flexibility index (Phi) is 4.92. The van der Waals surface area contributed by atoms with Crippen LogP contribution in [0.25, 0.3) is 5.69 Å². The average Bonchev–Trinajstić information content (AvgIpc) is 2.97. The van der Waals surface area contributed by atoms with Crippen molar-refractivity contribution in [1.29, 1.82) is 0 Å². The van der Waals surface area contributed by atoms with Crippen LogP contribution in [0.3, 0.4) is 0 Å². The quantitative estimate of drug-likeness (QED) is 0.910. The number of piperazine rings is 1. The van der Waals surface area contributed by atoms with Gasteiger partial charge in [-0.25, -0.2) is 9.07 Å². The average molecular weight is 332 g/mol. The van der Waals surface area contributed by atoms with Crippen molar-refractivity contribution >= 4 is 5.91 Å². The Morgan fingerprint density at radius 3 is 2.50 bits per heavy atom. The van der Waals surface area contributed by atoms with E-state index < -0.39 is 0 Å². The fourth-order valence-electron chi connectivity index (χ4n) is 2.95. The van der Waals surface area contributed by atoms with E-state index in [0.717, 1.165) is 24.5 Å². The van der Waals surface area contributed by atoms with E-state index in [1.54, 1.807) is 23.0 Å². The van der Waals surface area contributed by atoms with E-state index in [4.69, 9.17) is 5.11 Å². The second-order valence-electron chi connectivity index (χ2n) is 5.89. The lowest BCUT2D eigenvalue weighted by atomic mass is 10.2. The number of carbonyl (C=O) groups is 1. The highest BCUT2D eigenvalue weighted by Crippen LogP contribution is 2.17. The van der Waals surface area contributed by atoms with Gasteiger partial charge >= 0.3 is 0 Å². The van der Waals surface area contributed by atoms with Crippen LogP contribution in [0.2, 0.25) is 0 Å². The molecule has 0 aliphatic carbocycles. The summed E-state index contributed by atoms with van der Waals surface area (Å²) < 4.78 is 14.7. The van der Waals surface area contributed by atoms with E-state index in [1.165, 1.54) is 12.1 Å². The lowest BCUT2D eigenvalue weighted by molar-refractivity contribution is 0.0614. The molecule has 0 radical (unpaired) electrons. The molecule has 0 spiro atoms. The van der Waals surface area contributed by atoms with Gasteiger partial charge in [-0.2, -0.15) is 5.10 Å². The number of aliphatic hydroxyl groups excluding tert-OH is 1. The number of benzene rings is 1. The fraction of sp³-hybridized carbons (Fsp3) is 0.412. The number of aliphatic hydroxyl groups is 1. The van der Waals surface area contributed by atoms with E-state index in [2.05, 4.69) is 10.00 Å². The Balaban J connectivity index is 1.74. The van der Waals surface area contributed by atoms with Crippen molar-refractivity contribution in [3.05, 3.63) is 47.5 Å². The molecule has 128 valence electrons. The van der Waals surface area contributed by atoms with Gasteiger partial charge in [-0.15, -0.1) is 0 Å². The molecular weight excluding hydrogens is 311 g/mol. The summed E-state index contributed by atoms with van der Waals surface area (Å²) >= 11 is 0. The summed E-state index contributed by atoms with van der Waals surface area (Å²) in [6, 6.07) is 6.02. The third kappa shape index (κ3) is 3.32. The fourth-order valence-corrected chi connectivity index (χ4v) is 2.95. The normalized spacial score (nSPS) is 15.7. The number of β-amino-alcohol motifs (C(OH)–C–C–N with tert-alkyl or cyclic N) is 1. The van der Waals surface area contributed by atoms with Crippen LogP contribution >= 0.6 is 0 Å². The molecule has 7 heteroatoms. The van der Waals surface area contributed by atoms with Crippen molar-refractivity contribution in [2.75, 3.05) is 39.3 Å². The highest BCUT2D eigenvalue weighted by Gasteiger charge is 2.24. The zero-order valence-corrected chi connectivity index (χ0v) is 13.7. The maximum atomic E-state index is 13.1. The van der Waals surface area contributed by atoms with Gasteiger partial charge in [0, 0.05) is 32.7 Å². The standard InChI is InChI=1S/C17H21FN4O2/c1-13-16(12-19-22(13)15-4-2-14(18)3-5-15)17(24)21-8-6-20(7-9-21)10-11-23/h2-5,12,23H,6-11H2,1H3. The van der Waals surface area contributed by atoms with Crippen molar-refractivity contribution in [1.82, 2.24) is 19.6 Å². The molecular formula is C17H21FN4O2. The topological polar surface area (TPSA) is 61.6 Å². The summed E-state index contributed by atoms with van der Waals surface area (Å²) in [7, 11) is 0. The Labute approximate surface area is 140 Å². The summed E-state index contributed by atoms with van der Waals surface area (Å²) in [5.41, 5.74) is 2.03. The summed E-state index contributed by atoms with van der Waals surface area (Å²) in [5.74, 6) is -0.342. The second kappa shape index (κ2) is 7.11. The van der Waals surface area contributed by atoms with Gasteiger partial charge in [0.1, 0.15) is 5.82 Å². The largest absolute Gasteiger partial charge is 0.395 e. The third-order valence-corrected chi connectivity index (χ3v) is 4.39. The van der Waals surface area contributed by atoms with Gasteiger partial charge in [-0.05, 0) is 31.2 Å². The molecule has 1 aliphatic heterocycles. The molecule has 1 aromatic heterocycles. The summed E-state index contributed by atoms with van der Waals surface area (Å²) in [5, 5.41) is 13.3. The van der Waals surface area contributed by atoms with Crippen LogP contribution in [0.15, 0.2) is 30.5 Å². The Bertz CT molecular complexity index is 706. The zero-order valence-electron chi connectivity index (χ0n) is 13.7. The van der Waals surface area contributed by atoms with Crippen LogP contribution in [0.5, 0.6) is 0 Å².